The van der Waals surface area contributed by atoms with Gasteiger partial charge in [0.05, 0.1) is 0 Å². The van der Waals surface area contributed by atoms with Crippen LogP contribution in [-0.4, -0.2) is 5.78 Å². The molecule has 0 fully saturated rings. The minimum absolute atomic E-state index is 0.00423. The molecule has 2 rings (SSSR count). The lowest BCUT2D eigenvalue weighted by Crippen LogP contribution is -2.11. The minimum Gasteiger partial charge on any atom is -0.289 e. The molecule has 0 aliphatic carbocycles. The number of halogens is 1. The second-order valence-corrected chi connectivity index (χ2v) is 6.52. The Morgan fingerprint density at radius 2 is 1.71 bits per heavy atom. The van der Waals surface area contributed by atoms with E-state index in [1.807, 2.05) is 48.5 Å². The van der Waals surface area contributed by atoms with Crippen molar-refractivity contribution in [3.8, 4) is 0 Å². The second kappa shape index (κ2) is 6.28. The number of ketones is 1. The van der Waals surface area contributed by atoms with Crippen molar-refractivity contribution in [3.63, 3.8) is 0 Å². The molecule has 0 unspecified atom stereocenters. The van der Waals surface area contributed by atoms with Gasteiger partial charge in [-0.15, -0.1) is 0 Å². The van der Waals surface area contributed by atoms with Crippen LogP contribution in [0.3, 0.4) is 0 Å². The third-order valence-corrected chi connectivity index (χ3v) is 3.55. The fourth-order valence-corrected chi connectivity index (χ4v) is 2.21. The lowest BCUT2D eigenvalue weighted by molar-refractivity contribution is 0.104. The normalized spacial score (nSPS) is 11.8. The van der Waals surface area contributed by atoms with Crippen molar-refractivity contribution in [2.45, 2.75) is 26.2 Å². The highest BCUT2D eigenvalue weighted by atomic mass is 35.5. The summed E-state index contributed by atoms with van der Waals surface area (Å²) in [7, 11) is 0. The smallest absolute Gasteiger partial charge is 0.185 e. The molecule has 108 valence electrons. The van der Waals surface area contributed by atoms with Crippen LogP contribution in [-0.2, 0) is 5.41 Å². The van der Waals surface area contributed by atoms with Crippen molar-refractivity contribution in [2.75, 3.05) is 0 Å². The molecule has 0 heterocycles. The Kier molecular flexibility index (Phi) is 4.64. The highest BCUT2D eigenvalue weighted by Gasteiger charge is 2.13. The van der Waals surface area contributed by atoms with Gasteiger partial charge in [0, 0.05) is 10.6 Å². The van der Waals surface area contributed by atoms with E-state index < -0.39 is 0 Å². The summed E-state index contributed by atoms with van der Waals surface area (Å²) in [6, 6.07) is 15.2. The highest BCUT2D eigenvalue weighted by Crippen LogP contribution is 2.22. The maximum atomic E-state index is 12.1. The molecule has 0 saturated heterocycles. The van der Waals surface area contributed by atoms with E-state index in [0.29, 0.717) is 10.6 Å². The maximum Gasteiger partial charge on any atom is 0.185 e. The third-order valence-electron chi connectivity index (χ3n) is 3.31. The van der Waals surface area contributed by atoms with E-state index in [2.05, 4.69) is 20.8 Å². The third kappa shape index (κ3) is 4.30. The van der Waals surface area contributed by atoms with Crippen molar-refractivity contribution >= 4 is 23.5 Å². The summed E-state index contributed by atoms with van der Waals surface area (Å²) in [6.07, 6.45) is 3.36. The number of allylic oxidation sites excluding steroid dienone is 1. The molecule has 0 aliphatic rings. The Bertz CT molecular complexity index is 661. The molecule has 2 aromatic rings. The van der Waals surface area contributed by atoms with Crippen LogP contribution in [0.4, 0.5) is 0 Å². The van der Waals surface area contributed by atoms with Crippen LogP contribution >= 0.6 is 11.6 Å². The van der Waals surface area contributed by atoms with E-state index in [4.69, 9.17) is 11.6 Å². The number of rotatable bonds is 3. The number of benzene rings is 2. The zero-order valence-corrected chi connectivity index (χ0v) is 13.3. The molecule has 21 heavy (non-hydrogen) atoms. The van der Waals surface area contributed by atoms with Crippen LogP contribution in [0, 0.1) is 0 Å². The Labute approximate surface area is 131 Å². The maximum absolute atomic E-state index is 12.1. The molecule has 0 aliphatic heterocycles. The van der Waals surface area contributed by atoms with Crippen LogP contribution in [0.1, 0.15) is 42.3 Å². The molecule has 0 atom stereocenters. The van der Waals surface area contributed by atoms with Gasteiger partial charge in [0.15, 0.2) is 5.78 Å². The Balaban J connectivity index is 2.14. The Hall–Kier alpha value is -1.86. The van der Waals surface area contributed by atoms with Gasteiger partial charge < -0.3 is 0 Å². The van der Waals surface area contributed by atoms with Gasteiger partial charge in [0.25, 0.3) is 0 Å². The summed E-state index contributed by atoms with van der Waals surface area (Å²) in [5.41, 5.74) is 2.93. The van der Waals surface area contributed by atoms with Gasteiger partial charge in [-0.25, -0.2) is 0 Å². The molecule has 0 bridgehead atoms. The standard InChI is InChI=1S/C19H19ClO/c1-19(2,3)16-10-8-15(9-11-16)18(21)12-7-14-5-4-6-17(20)13-14/h4-13H,1-3H3/b12-7+. The zero-order chi connectivity index (χ0) is 15.5. The Morgan fingerprint density at radius 3 is 2.29 bits per heavy atom. The molecule has 0 amide bonds. The average Bonchev–Trinajstić information content (AvgIpc) is 2.44. The van der Waals surface area contributed by atoms with E-state index in [0.717, 1.165) is 5.56 Å². The number of hydrogen-bond acceptors (Lipinski definition) is 1. The van der Waals surface area contributed by atoms with Crippen molar-refractivity contribution in [2.24, 2.45) is 0 Å². The van der Waals surface area contributed by atoms with Crippen LogP contribution < -0.4 is 0 Å². The van der Waals surface area contributed by atoms with Gasteiger partial charge in [-0.1, -0.05) is 74.8 Å². The van der Waals surface area contributed by atoms with Gasteiger partial charge in [-0.3, -0.25) is 4.79 Å². The van der Waals surface area contributed by atoms with Crippen LogP contribution in [0.15, 0.2) is 54.6 Å². The first-order valence-corrected chi connectivity index (χ1v) is 7.32. The van der Waals surface area contributed by atoms with Crippen molar-refractivity contribution in [3.05, 3.63) is 76.3 Å². The molecule has 0 saturated carbocycles. The van der Waals surface area contributed by atoms with Crippen LogP contribution in [0.5, 0.6) is 0 Å². The van der Waals surface area contributed by atoms with Crippen molar-refractivity contribution in [1.82, 2.24) is 0 Å². The largest absolute Gasteiger partial charge is 0.289 e. The molecule has 0 spiro atoms. The molecular weight excluding hydrogens is 280 g/mol. The van der Waals surface area contributed by atoms with Crippen molar-refractivity contribution < 1.29 is 4.79 Å². The topological polar surface area (TPSA) is 17.1 Å². The summed E-state index contributed by atoms with van der Waals surface area (Å²) >= 11 is 5.92. The van der Waals surface area contributed by atoms with E-state index in [9.17, 15) is 4.79 Å². The Morgan fingerprint density at radius 1 is 1.05 bits per heavy atom. The quantitative estimate of drug-likeness (QED) is 0.537. The van der Waals surface area contributed by atoms with Gasteiger partial charge in [0.1, 0.15) is 0 Å². The first kappa shape index (κ1) is 15.5. The summed E-state index contributed by atoms with van der Waals surface area (Å²) < 4.78 is 0. The summed E-state index contributed by atoms with van der Waals surface area (Å²) in [5.74, 6) is -0.00423. The zero-order valence-electron chi connectivity index (χ0n) is 12.6. The molecule has 0 N–H and O–H groups in total. The van der Waals surface area contributed by atoms with Gasteiger partial charge >= 0.3 is 0 Å². The first-order valence-electron chi connectivity index (χ1n) is 6.95. The fourth-order valence-electron chi connectivity index (χ4n) is 2.01. The SMILES string of the molecule is CC(C)(C)c1ccc(C(=O)/C=C/c2cccc(Cl)c2)cc1. The summed E-state index contributed by atoms with van der Waals surface area (Å²) in [6.45, 7) is 6.47. The highest BCUT2D eigenvalue weighted by molar-refractivity contribution is 6.30. The molecular formula is C19H19ClO. The number of carbonyl (C=O) groups is 1. The summed E-state index contributed by atoms with van der Waals surface area (Å²) in [4.78, 5) is 12.1. The second-order valence-electron chi connectivity index (χ2n) is 6.08. The lowest BCUT2D eigenvalue weighted by atomic mass is 9.86. The van der Waals surface area contributed by atoms with Crippen molar-refractivity contribution in [1.29, 1.82) is 0 Å². The predicted octanol–water partition coefficient (Wildman–Crippen LogP) is 5.53. The average molecular weight is 299 g/mol. The van der Waals surface area contributed by atoms with Gasteiger partial charge in [-0.05, 0) is 34.8 Å². The summed E-state index contributed by atoms with van der Waals surface area (Å²) in [5, 5.41) is 0.666. The lowest BCUT2D eigenvalue weighted by Gasteiger charge is -2.18. The monoisotopic (exact) mass is 298 g/mol. The molecule has 2 aromatic carbocycles. The van der Waals surface area contributed by atoms with Gasteiger partial charge in [0.2, 0.25) is 0 Å². The fraction of sp³-hybridized carbons (Fsp3) is 0.211. The molecule has 0 aromatic heterocycles. The van der Waals surface area contributed by atoms with Crippen LogP contribution in [0.2, 0.25) is 5.02 Å². The minimum atomic E-state index is -0.00423. The van der Waals surface area contributed by atoms with Crippen LogP contribution in [0.25, 0.3) is 6.08 Å². The molecule has 0 radical (unpaired) electrons. The first-order chi connectivity index (χ1) is 9.86. The van der Waals surface area contributed by atoms with Gasteiger partial charge in [-0.2, -0.15) is 0 Å². The molecule has 1 nitrogen and oxygen atoms in total. The van der Waals surface area contributed by atoms with E-state index in [-0.39, 0.29) is 11.2 Å². The predicted molar refractivity (Wildman–Crippen MR) is 90.0 cm³/mol. The van der Waals surface area contributed by atoms with E-state index in [1.54, 1.807) is 12.2 Å². The van der Waals surface area contributed by atoms with E-state index in [1.165, 1.54) is 5.56 Å². The number of carbonyl (C=O) groups excluding carboxylic acids is 1. The number of hydrogen-bond donors (Lipinski definition) is 0. The van der Waals surface area contributed by atoms with E-state index >= 15 is 0 Å². The molecule has 2 heteroatoms.